The zero-order chi connectivity index (χ0) is 18.3. The first-order valence-electron chi connectivity index (χ1n) is 8.20. The van der Waals surface area contributed by atoms with Crippen LogP contribution < -0.4 is 10.2 Å². The van der Waals surface area contributed by atoms with E-state index >= 15 is 0 Å². The number of carbonyl (C=O) groups excluding carboxylic acids is 1. The van der Waals surface area contributed by atoms with E-state index in [1.165, 1.54) is 11.3 Å². The van der Waals surface area contributed by atoms with Crippen LogP contribution in [0.2, 0.25) is 0 Å². The minimum atomic E-state index is -5.01. The average molecular weight is 383 g/mol. The molecule has 0 radical (unpaired) electrons. The number of alkyl halides is 3. The molecule has 5 nitrogen and oxygen atoms in total. The number of nitrogens with one attached hydrogen (secondary N) is 1. The number of thiazole rings is 1. The SMILES string of the molecule is O=C(OC1C2CNCC2CN1c1ncc(-c2ccccc2)s1)C(F)(F)F. The van der Waals surface area contributed by atoms with Crippen LogP contribution in [-0.4, -0.2) is 43.0 Å². The third-order valence-corrected chi connectivity index (χ3v) is 5.84. The van der Waals surface area contributed by atoms with Crippen LogP contribution in [0, 0.1) is 11.8 Å². The highest BCUT2D eigenvalue weighted by molar-refractivity contribution is 7.18. The van der Waals surface area contributed by atoms with Crippen molar-refractivity contribution in [3.63, 3.8) is 0 Å². The van der Waals surface area contributed by atoms with Crippen LogP contribution in [0.3, 0.4) is 0 Å². The second-order valence-corrected chi connectivity index (χ2v) is 7.41. The molecule has 1 aromatic carbocycles. The predicted molar refractivity (Wildman–Crippen MR) is 90.7 cm³/mol. The van der Waals surface area contributed by atoms with Crippen LogP contribution in [0.5, 0.6) is 0 Å². The summed E-state index contributed by atoms with van der Waals surface area (Å²) in [5.74, 6) is -2.20. The molecule has 138 valence electrons. The normalized spacial score (nSPS) is 25.3. The van der Waals surface area contributed by atoms with E-state index in [0.29, 0.717) is 24.8 Å². The zero-order valence-electron chi connectivity index (χ0n) is 13.6. The summed E-state index contributed by atoms with van der Waals surface area (Å²) in [6.45, 7) is 1.72. The van der Waals surface area contributed by atoms with Gasteiger partial charge in [0.1, 0.15) is 0 Å². The maximum atomic E-state index is 12.7. The van der Waals surface area contributed by atoms with Gasteiger partial charge in [-0.25, -0.2) is 9.78 Å². The molecule has 0 saturated carbocycles. The Hall–Kier alpha value is -2.13. The molecular weight excluding hydrogens is 367 g/mol. The number of halogens is 3. The summed E-state index contributed by atoms with van der Waals surface area (Å²) in [4.78, 5) is 18.4. The summed E-state index contributed by atoms with van der Waals surface area (Å²) in [5.41, 5.74) is 0.987. The summed E-state index contributed by atoms with van der Waals surface area (Å²) in [6.07, 6.45) is -4.27. The van der Waals surface area contributed by atoms with Gasteiger partial charge in [-0.2, -0.15) is 13.2 Å². The van der Waals surface area contributed by atoms with Crippen molar-refractivity contribution >= 4 is 22.4 Å². The fraction of sp³-hybridized carbons (Fsp3) is 0.412. The molecule has 4 rings (SSSR count). The van der Waals surface area contributed by atoms with Crippen LogP contribution in [0.4, 0.5) is 18.3 Å². The summed E-state index contributed by atoms with van der Waals surface area (Å²) in [5, 5.41) is 3.72. The van der Waals surface area contributed by atoms with E-state index in [0.717, 1.165) is 10.4 Å². The van der Waals surface area contributed by atoms with Gasteiger partial charge in [0.15, 0.2) is 11.4 Å². The number of benzene rings is 1. The molecule has 9 heteroatoms. The van der Waals surface area contributed by atoms with Gasteiger partial charge in [-0.15, -0.1) is 0 Å². The van der Waals surface area contributed by atoms with Crippen molar-refractivity contribution in [1.82, 2.24) is 10.3 Å². The van der Waals surface area contributed by atoms with Gasteiger partial charge in [-0.1, -0.05) is 41.7 Å². The van der Waals surface area contributed by atoms with Crippen molar-refractivity contribution < 1.29 is 22.7 Å². The number of nitrogens with zero attached hydrogens (tertiary/aromatic N) is 2. The molecule has 2 aliphatic rings. The third kappa shape index (κ3) is 3.16. The van der Waals surface area contributed by atoms with Crippen molar-refractivity contribution in [3.8, 4) is 10.4 Å². The largest absolute Gasteiger partial charge is 0.491 e. The maximum absolute atomic E-state index is 12.7. The molecule has 0 bridgehead atoms. The number of hydrogen-bond donors (Lipinski definition) is 1. The van der Waals surface area contributed by atoms with E-state index in [2.05, 4.69) is 10.3 Å². The van der Waals surface area contributed by atoms with Gasteiger partial charge < -0.3 is 15.0 Å². The minimum Gasteiger partial charge on any atom is -0.434 e. The van der Waals surface area contributed by atoms with Crippen molar-refractivity contribution in [2.75, 3.05) is 24.5 Å². The van der Waals surface area contributed by atoms with Gasteiger partial charge >= 0.3 is 12.1 Å². The van der Waals surface area contributed by atoms with Crippen LogP contribution in [0.15, 0.2) is 36.5 Å². The molecule has 3 atom stereocenters. The van der Waals surface area contributed by atoms with Crippen molar-refractivity contribution in [2.45, 2.75) is 12.4 Å². The van der Waals surface area contributed by atoms with Crippen LogP contribution >= 0.6 is 11.3 Å². The highest BCUT2D eigenvalue weighted by Crippen LogP contribution is 2.40. The lowest BCUT2D eigenvalue weighted by atomic mass is 9.99. The van der Waals surface area contributed by atoms with E-state index in [9.17, 15) is 18.0 Å². The first-order chi connectivity index (χ1) is 12.4. The maximum Gasteiger partial charge on any atom is 0.491 e. The number of ether oxygens (including phenoxy) is 1. The van der Waals surface area contributed by atoms with E-state index in [1.807, 2.05) is 30.3 Å². The molecular formula is C17H16F3N3O2S. The molecule has 2 fully saturated rings. The first-order valence-corrected chi connectivity index (χ1v) is 9.01. The molecule has 0 amide bonds. The topological polar surface area (TPSA) is 54.5 Å². The molecule has 0 aliphatic carbocycles. The van der Waals surface area contributed by atoms with Crippen molar-refractivity contribution in [1.29, 1.82) is 0 Å². The Labute approximate surface area is 151 Å². The molecule has 2 aromatic rings. The number of hydrogen-bond acceptors (Lipinski definition) is 6. The quantitative estimate of drug-likeness (QED) is 0.826. The van der Waals surface area contributed by atoms with Crippen LogP contribution in [0.1, 0.15) is 0 Å². The van der Waals surface area contributed by atoms with E-state index in [1.54, 1.807) is 11.1 Å². The second kappa shape index (κ2) is 6.55. The Kier molecular flexibility index (Phi) is 4.36. The molecule has 26 heavy (non-hydrogen) atoms. The highest BCUT2D eigenvalue weighted by Gasteiger charge is 2.51. The average Bonchev–Trinajstić information content (AvgIpc) is 3.31. The lowest BCUT2D eigenvalue weighted by Gasteiger charge is -2.27. The van der Waals surface area contributed by atoms with Crippen LogP contribution in [0.25, 0.3) is 10.4 Å². The van der Waals surface area contributed by atoms with E-state index < -0.39 is 18.4 Å². The van der Waals surface area contributed by atoms with Gasteiger partial charge in [0.05, 0.1) is 4.88 Å². The summed E-state index contributed by atoms with van der Waals surface area (Å²) in [7, 11) is 0. The molecule has 2 saturated heterocycles. The van der Waals surface area contributed by atoms with Gasteiger partial charge in [0.25, 0.3) is 0 Å². The molecule has 3 unspecified atom stereocenters. The monoisotopic (exact) mass is 383 g/mol. The Morgan fingerprint density at radius 1 is 1.27 bits per heavy atom. The summed E-state index contributed by atoms with van der Waals surface area (Å²) in [6, 6.07) is 9.62. The fourth-order valence-corrected chi connectivity index (χ4v) is 4.48. The number of esters is 1. The van der Waals surface area contributed by atoms with Crippen molar-refractivity contribution in [2.24, 2.45) is 11.8 Å². The smallest absolute Gasteiger partial charge is 0.434 e. The Balaban J connectivity index is 1.60. The van der Waals surface area contributed by atoms with E-state index in [4.69, 9.17) is 4.74 Å². The summed E-state index contributed by atoms with van der Waals surface area (Å²) >= 11 is 1.38. The molecule has 1 aromatic heterocycles. The second-order valence-electron chi connectivity index (χ2n) is 6.40. The van der Waals surface area contributed by atoms with Gasteiger partial charge in [-0.05, 0) is 11.5 Å². The lowest BCUT2D eigenvalue weighted by molar-refractivity contribution is -0.206. The van der Waals surface area contributed by atoms with Gasteiger partial charge in [0.2, 0.25) is 0 Å². The molecule has 3 heterocycles. The Morgan fingerprint density at radius 3 is 2.77 bits per heavy atom. The molecule has 0 spiro atoms. The fourth-order valence-electron chi connectivity index (χ4n) is 3.52. The third-order valence-electron chi connectivity index (χ3n) is 4.75. The van der Waals surface area contributed by atoms with Crippen LogP contribution in [-0.2, 0) is 9.53 Å². The Morgan fingerprint density at radius 2 is 2.04 bits per heavy atom. The number of carbonyl (C=O) groups is 1. The molecule has 1 N–H and O–H groups in total. The standard InChI is InChI=1S/C17H16F3N3O2S/c18-17(19,20)15(24)25-14-12-7-21-6-11(12)9-23(14)16-22-8-13(26-16)10-4-2-1-3-5-10/h1-5,8,11-12,14,21H,6-7,9H2. The Bertz CT molecular complexity index is 796. The number of anilines is 1. The number of rotatable bonds is 3. The zero-order valence-corrected chi connectivity index (χ0v) is 14.4. The number of fused-ring (bicyclic) bond motifs is 1. The first kappa shape index (κ1) is 17.3. The minimum absolute atomic E-state index is 0.130. The number of aromatic nitrogens is 1. The lowest BCUT2D eigenvalue weighted by Crippen LogP contribution is -2.42. The molecule has 2 aliphatic heterocycles. The van der Waals surface area contributed by atoms with Crippen molar-refractivity contribution in [3.05, 3.63) is 36.5 Å². The summed E-state index contributed by atoms with van der Waals surface area (Å²) < 4.78 is 42.9. The van der Waals surface area contributed by atoms with Gasteiger partial charge in [-0.3, -0.25) is 0 Å². The van der Waals surface area contributed by atoms with Gasteiger partial charge in [0, 0.05) is 31.7 Å². The predicted octanol–water partition coefficient (Wildman–Crippen LogP) is 2.90. The highest BCUT2D eigenvalue weighted by atomic mass is 32.1. The van der Waals surface area contributed by atoms with E-state index in [-0.39, 0.29) is 11.8 Å².